The lowest BCUT2D eigenvalue weighted by Crippen LogP contribution is -2.49. The van der Waals surface area contributed by atoms with Crippen LogP contribution < -0.4 is 11.1 Å². The van der Waals surface area contributed by atoms with Crippen LogP contribution in [0.4, 0.5) is 0 Å². The van der Waals surface area contributed by atoms with Gasteiger partial charge in [0.2, 0.25) is 5.91 Å². The lowest BCUT2D eigenvalue weighted by atomic mass is 9.87. The van der Waals surface area contributed by atoms with Crippen LogP contribution in [0.2, 0.25) is 0 Å². The van der Waals surface area contributed by atoms with Gasteiger partial charge in [-0.05, 0) is 12.5 Å². The number of nitrogens with one attached hydrogen (secondary N) is 1. The summed E-state index contributed by atoms with van der Waals surface area (Å²) in [6.07, 6.45) is 0. The SMILES string of the molecule is COCCN(C)CCNC(=O)[C@H](N)C(C)(C)C. The van der Waals surface area contributed by atoms with Crippen molar-refractivity contribution >= 4 is 5.91 Å². The van der Waals surface area contributed by atoms with Crippen molar-refractivity contribution in [1.29, 1.82) is 0 Å². The van der Waals surface area contributed by atoms with E-state index < -0.39 is 6.04 Å². The zero-order valence-electron chi connectivity index (χ0n) is 11.7. The van der Waals surface area contributed by atoms with Crippen LogP contribution in [0.5, 0.6) is 0 Å². The number of nitrogens with zero attached hydrogens (tertiary/aromatic N) is 1. The molecule has 0 saturated heterocycles. The molecule has 0 spiro atoms. The summed E-state index contributed by atoms with van der Waals surface area (Å²) < 4.78 is 4.97. The Bertz CT molecular complexity index is 226. The highest BCUT2D eigenvalue weighted by Crippen LogP contribution is 2.16. The van der Waals surface area contributed by atoms with Gasteiger partial charge < -0.3 is 20.7 Å². The van der Waals surface area contributed by atoms with Crippen molar-refractivity contribution in [3.05, 3.63) is 0 Å². The maximum atomic E-state index is 11.7. The molecule has 0 aliphatic rings. The molecule has 0 aromatic carbocycles. The molecule has 0 rings (SSSR count). The predicted molar refractivity (Wildman–Crippen MR) is 69.8 cm³/mol. The van der Waals surface area contributed by atoms with Crippen molar-refractivity contribution in [1.82, 2.24) is 10.2 Å². The first kappa shape index (κ1) is 16.4. The standard InChI is InChI=1S/C12H27N3O2/c1-12(2,3)10(13)11(16)14-6-7-15(4)8-9-17-5/h10H,6-9,13H2,1-5H3,(H,14,16)/t10-/m0/s1. The third kappa shape index (κ3) is 7.31. The molecule has 0 heterocycles. The van der Waals surface area contributed by atoms with E-state index >= 15 is 0 Å². The number of hydrogen-bond acceptors (Lipinski definition) is 4. The molecule has 5 nitrogen and oxygen atoms in total. The van der Waals surface area contributed by atoms with E-state index in [-0.39, 0.29) is 11.3 Å². The molecule has 102 valence electrons. The van der Waals surface area contributed by atoms with Crippen molar-refractivity contribution in [3.63, 3.8) is 0 Å². The monoisotopic (exact) mass is 245 g/mol. The molecule has 0 fully saturated rings. The van der Waals surface area contributed by atoms with Crippen LogP contribution in [0.15, 0.2) is 0 Å². The fourth-order valence-corrected chi connectivity index (χ4v) is 1.23. The maximum Gasteiger partial charge on any atom is 0.237 e. The summed E-state index contributed by atoms with van der Waals surface area (Å²) in [5, 5.41) is 2.85. The van der Waals surface area contributed by atoms with Gasteiger partial charge in [-0.2, -0.15) is 0 Å². The van der Waals surface area contributed by atoms with Gasteiger partial charge in [0, 0.05) is 26.7 Å². The first-order valence-corrected chi connectivity index (χ1v) is 5.99. The van der Waals surface area contributed by atoms with Crippen LogP contribution in [0.3, 0.4) is 0 Å². The van der Waals surface area contributed by atoms with E-state index in [4.69, 9.17) is 10.5 Å². The summed E-state index contributed by atoms with van der Waals surface area (Å²) >= 11 is 0. The molecule has 0 saturated carbocycles. The van der Waals surface area contributed by atoms with Crippen molar-refractivity contribution in [3.8, 4) is 0 Å². The number of rotatable bonds is 7. The Morgan fingerprint density at radius 1 is 1.41 bits per heavy atom. The van der Waals surface area contributed by atoms with Crippen LogP contribution in [-0.2, 0) is 9.53 Å². The fourth-order valence-electron chi connectivity index (χ4n) is 1.23. The van der Waals surface area contributed by atoms with Crippen LogP contribution >= 0.6 is 0 Å². The van der Waals surface area contributed by atoms with E-state index in [0.717, 1.165) is 13.1 Å². The molecular weight excluding hydrogens is 218 g/mol. The van der Waals surface area contributed by atoms with Gasteiger partial charge in [-0.1, -0.05) is 20.8 Å². The molecule has 1 atom stereocenters. The van der Waals surface area contributed by atoms with E-state index in [1.807, 2.05) is 27.8 Å². The zero-order chi connectivity index (χ0) is 13.5. The number of amides is 1. The summed E-state index contributed by atoms with van der Waals surface area (Å²) in [5.41, 5.74) is 5.64. The second kappa shape index (κ2) is 7.63. The van der Waals surface area contributed by atoms with Gasteiger partial charge in [0.15, 0.2) is 0 Å². The van der Waals surface area contributed by atoms with Crippen molar-refractivity contribution in [2.75, 3.05) is 40.4 Å². The molecule has 0 aromatic rings. The number of hydrogen-bond donors (Lipinski definition) is 2. The Kier molecular flexibility index (Phi) is 7.34. The van der Waals surface area contributed by atoms with Crippen LogP contribution in [-0.4, -0.2) is 57.2 Å². The van der Waals surface area contributed by atoms with Gasteiger partial charge in [0.25, 0.3) is 0 Å². The van der Waals surface area contributed by atoms with Crippen LogP contribution in [0.25, 0.3) is 0 Å². The molecule has 17 heavy (non-hydrogen) atoms. The highest BCUT2D eigenvalue weighted by atomic mass is 16.5. The highest BCUT2D eigenvalue weighted by Gasteiger charge is 2.26. The summed E-state index contributed by atoms with van der Waals surface area (Å²) in [6.45, 7) is 8.85. The minimum absolute atomic E-state index is 0.0855. The molecule has 3 N–H and O–H groups in total. The minimum atomic E-state index is -0.466. The Labute approximate surface area is 105 Å². The molecule has 1 amide bonds. The number of carbonyl (C=O) groups excluding carboxylic acids is 1. The number of nitrogens with two attached hydrogens (primary N) is 1. The van der Waals surface area contributed by atoms with Gasteiger partial charge in [0.05, 0.1) is 12.6 Å². The Balaban J connectivity index is 3.78. The average molecular weight is 245 g/mol. The van der Waals surface area contributed by atoms with Crippen molar-refractivity contribution in [2.45, 2.75) is 26.8 Å². The molecule has 0 unspecified atom stereocenters. The first-order chi connectivity index (χ1) is 7.79. The fraction of sp³-hybridized carbons (Fsp3) is 0.917. The molecular formula is C12H27N3O2. The van der Waals surface area contributed by atoms with Gasteiger partial charge in [-0.3, -0.25) is 4.79 Å². The van der Waals surface area contributed by atoms with Gasteiger partial charge in [0.1, 0.15) is 0 Å². The van der Waals surface area contributed by atoms with Crippen LogP contribution in [0.1, 0.15) is 20.8 Å². The largest absolute Gasteiger partial charge is 0.383 e. The minimum Gasteiger partial charge on any atom is -0.383 e. The topological polar surface area (TPSA) is 67.6 Å². The van der Waals surface area contributed by atoms with Gasteiger partial charge in [-0.15, -0.1) is 0 Å². The first-order valence-electron chi connectivity index (χ1n) is 5.99. The van der Waals surface area contributed by atoms with E-state index in [1.54, 1.807) is 7.11 Å². The summed E-state index contributed by atoms with van der Waals surface area (Å²) in [6, 6.07) is -0.466. The van der Waals surface area contributed by atoms with Crippen molar-refractivity contribution < 1.29 is 9.53 Å². The van der Waals surface area contributed by atoms with Gasteiger partial charge >= 0.3 is 0 Å². The zero-order valence-corrected chi connectivity index (χ0v) is 11.7. The van der Waals surface area contributed by atoms with Crippen LogP contribution in [0, 0.1) is 5.41 Å². The molecule has 0 aliphatic carbocycles. The molecule has 0 radical (unpaired) electrons. The number of likely N-dealkylation sites (N-methyl/N-ethyl adjacent to an activating group) is 1. The Hall–Kier alpha value is -0.650. The summed E-state index contributed by atoms with van der Waals surface area (Å²) in [4.78, 5) is 13.8. The quantitative estimate of drug-likeness (QED) is 0.665. The van der Waals surface area contributed by atoms with Crippen molar-refractivity contribution in [2.24, 2.45) is 11.1 Å². The molecule has 5 heteroatoms. The van der Waals surface area contributed by atoms with E-state index in [9.17, 15) is 4.79 Å². The lowest BCUT2D eigenvalue weighted by molar-refractivity contribution is -0.124. The van der Waals surface area contributed by atoms with E-state index in [1.165, 1.54) is 0 Å². The lowest BCUT2D eigenvalue weighted by Gasteiger charge is -2.26. The van der Waals surface area contributed by atoms with Gasteiger partial charge in [-0.25, -0.2) is 0 Å². The predicted octanol–water partition coefficient (Wildman–Crippen LogP) is 0.0542. The number of methoxy groups -OCH3 is 1. The second-order valence-electron chi connectivity index (χ2n) is 5.43. The summed E-state index contributed by atoms with van der Waals surface area (Å²) in [7, 11) is 3.67. The third-order valence-electron chi connectivity index (χ3n) is 2.69. The molecule has 0 bridgehead atoms. The Morgan fingerprint density at radius 2 is 2.00 bits per heavy atom. The summed E-state index contributed by atoms with van der Waals surface area (Å²) in [5.74, 6) is -0.0855. The van der Waals surface area contributed by atoms with E-state index in [0.29, 0.717) is 13.2 Å². The molecule has 0 aromatic heterocycles. The normalized spacial score (nSPS) is 13.8. The number of ether oxygens (including phenoxy) is 1. The second-order valence-corrected chi connectivity index (χ2v) is 5.43. The Morgan fingerprint density at radius 3 is 2.47 bits per heavy atom. The smallest absolute Gasteiger partial charge is 0.237 e. The average Bonchev–Trinajstić information content (AvgIpc) is 2.23. The third-order valence-corrected chi connectivity index (χ3v) is 2.69. The number of carbonyl (C=O) groups is 1. The molecule has 0 aliphatic heterocycles. The maximum absolute atomic E-state index is 11.7. The highest BCUT2D eigenvalue weighted by molar-refractivity contribution is 5.82. The van der Waals surface area contributed by atoms with E-state index in [2.05, 4.69) is 10.2 Å².